The minimum Gasteiger partial charge on any atom is -0.490 e. The van der Waals surface area contributed by atoms with Crippen LogP contribution in [0.15, 0.2) is 16.6 Å². The summed E-state index contributed by atoms with van der Waals surface area (Å²) in [5.74, 6) is 1.65. The van der Waals surface area contributed by atoms with Crippen LogP contribution in [0.3, 0.4) is 0 Å². The average molecular weight is 372 g/mol. The molecule has 5 heteroatoms. The van der Waals surface area contributed by atoms with Gasteiger partial charge in [-0.3, -0.25) is 4.90 Å². The molecular formula is C17H26BrNO3. The fourth-order valence-electron chi connectivity index (χ4n) is 2.62. The van der Waals surface area contributed by atoms with Crippen LogP contribution in [-0.2, 0) is 11.2 Å². The van der Waals surface area contributed by atoms with E-state index in [1.165, 1.54) is 5.56 Å². The summed E-state index contributed by atoms with van der Waals surface area (Å²) in [6, 6.07) is 4.14. The molecule has 0 unspecified atom stereocenters. The van der Waals surface area contributed by atoms with E-state index in [2.05, 4.69) is 26.9 Å². The van der Waals surface area contributed by atoms with E-state index in [9.17, 15) is 0 Å². The van der Waals surface area contributed by atoms with Crippen molar-refractivity contribution in [2.24, 2.45) is 0 Å². The van der Waals surface area contributed by atoms with E-state index in [1.54, 1.807) is 0 Å². The van der Waals surface area contributed by atoms with Gasteiger partial charge in [-0.1, -0.05) is 15.9 Å². The van der Waals surface area contributed by atoms with Gasteiger partial charge in [-0.25, -0.2) is 0 Å². The maximum atomic E-state index is 5.71. The summed E-state index contributed by atoms with van der Waals surface area (Å²) < 4.78 is 17.8. The molecule has 0 radical (unpaired) electrons. The van der Waals surface area contributed by atoms with E-state index >= 15 is 0 Å². The maximum absolute atomic E-state index is 5.71. The Labute approximate surface area is 141 Å². The van der Waals surface area contributed by atoms with E-state index in [4.69, 9.17) is 14.2 Å². The normalized spacial score (nSPS) is 15.8. The molecular weight excluding hydrogens is 346 g/mol. The van der Waals surface area contributed by atoms with Crippen LogP contribution in [0.4, 0.5) is 0 Å². The topological polar surface area (TPSA) is 30.9 Å². The van der Waals surface area contributed by atoms with Crippen molar-refractivity contribution in [1.29, 1.82) is 0 Å². The molecule has 0 spiro atoms. The van der Waals surface area contributed by atoms with E-state index in [1.807, 2.05) is 19.9 Å². The SMILES string of the molecule is CCOc1cc(Br)c(CCCN2CCOCC2)cc1OCC. The molecule has 22 heavy (non-hydrogen) atoms. The van der Waals surface area contributed by atoms with Gasteiger partial charge in [0.15, 0.2) is 11.5 Å². The van der Waals surface area contributed by atoms with Gasteiger partial charge in [0, 0.05) is 17.6 Å². The molecule has 1 fully saturated rings. The lowest BCUT2D eigenvalue weighted by Crippen LogP contribution is -2.36. The van der Waals surface area contributed by atoms with E-state index < -0.39 is 0 Å². The van der Waals surface area contributed by atoms with E-state index in [0.717, 1.165) is 61.7 Å². The highest BCUT2D eigenvalue weighted by Crippen LogP contribution is 2.34. The molecule has 1 aromatic carbocycles. The Hall–Kier alpha value is -0.780. The molecule has 1 aliphatic rings. The largest absolute Gasteiger partial charge is 0.490 e. The number of aryl methyl sites for hydroxylation is 1. The van der Waals surface area contributed by atoms with Crippen LogP contribution < -0.4 is 9.47 Å². The molecule has 124 valence electrons. The van der Waals surface area contributed by atoms with Gasteiger partial charge in [-0.05, 0) is 50.9 Å². The zero-order valence-corrected chi connectivity index (χ0v) is 15.2. The summed E-state index contributed by atoms with van der Waals surface area (Å²) in [5, 5.41) is 0. The summed E-state index contributed by atoms with van der Waals surface area (Å²) in [4.78, 5) is 2.47. The third kappa shape index (κ3) is 5.14. The molecule has 0 aromatic heterocycles. The van der Waals surface area contributed by atoms with Gasteiger partial charge in [0.25, 0.3) is 0 Å². The van der Waals surface area contributed by atoms with Crippen LogP contribution in [0.2, 0.25) is 0 Å². The molecule has 4 nitrogen and oxygen atoms in total. The molecule has 1 aliphatic heterocycles. The van der Waals surface area contributed by atoms with Crippen LogP contribution >= 0.6 is 15.9 Å². The zero-order valence-electron chi connectivity index (χ0n) is 13.6. The standard InChI is InChI=1S/C17H26BrNO3/c1-3-21-16-12-14(15(18)13-17(16)22-4-2)6-5-7-19-8-10-20-11-9-19/h12-13H,3-11H2,1-2H3. The lowest BCUT2D eigenvalue weighted by molar-refractivity contribution is 0.0374. The molecule has 0 atom stereocenters. The summed E-state index contributed by atoms with van der Waals surface area (Å²) in [6.45, 7) is 10.2. The van der Waals surface area contributed by atoms with Crippen molar-refractivity contribution in [2.75, 3.05) is 46.1 Å². The van der Waals surface area contributed by atoms with Crippen LogP contribution in [0.25, 0.3) is 0 Å². The number of benzene rings is 1. The van der Waals surface area contributed by atoms with Gasteiger partial charge in [-0.15, -0.1) is 0 Å². The lowest BCUT2D eigenvalue weighted by atomic mass is 10.1. The highest BCUT2D eigenvalue weighted by molar-refractivity contribution is 9.10. The third-order valence-corrected chi connectivity index (χ3v) is 4.47. The maximum Gasteiger partial charge on any atom is 0.162 e. The Morgan fingerprint density at radius 2 is 1.73 bits per heavy atom. The van der Waals surface area contributed by atoms with Crippen molar-refractivity contribution in [3.05, 3.63) is 22.2 Å². The Morgan fingerprint density at radius 3 is 2.36 bits per heavy atom. The number of hydrogen-bond acceptors (Lipinski definition) is 4. The first kappa shape index (κ1) is 17.6. The second-order valence-electron chi connectivity index (χ2n) is 5.31. The van der Waals surface area contributed by atoms with Gasteiger partial charge in [0.05, 0.1) is 26.4 Å². The van der Waals surface area contributed by atoms with Crippen molar-refractivity contribution < 1.29 is 14.2 Å². The Kier molecular flexibility index (Phi) is 7.49. The summed E-state index contributed by atoms with van der Waals surface area (Å²) >= 11 is 3.66. The minimum absolute atomic E-state index is 0.642. The predicted octanol–water partition coefficient (Wildman–Crippen LogP) is 3.51. The first-order valence-corrected chi connectivity index (χ1v) is 8.92. The number of morpholine rings is 1. The molecule has 0 amide bonds. The molecule has 1 saturated heterocycles. The lowest BCUT2D eigenvalue weighted by Gasteiger charge is -2.26. The second-order valence-corrected chi connectivity index (χ2v) is 6.17. The van der Waals surface area contributed by atoms with Crippen molar-refractivity contribution in [3.63, 3.8) is 0 Å². The van der Waals surface area contributed by atoms with Crippen molar-refractivity contribution in [1.82, 2.24) is 4.90 Å². The fourth-order valence-corrected chi connectivity index (χ4v) is 3.14. The monoisotopic (exact) mass is 371 g/mol. The van der Waals surface area contributed by atoms with Gasteiger partial charge >= 0.3 is 0 Å². The minimum atomic E-state index is 0.642. The van der Waals surface area contributed by atoms with Crippen LogP contribution in [0, 0.1) is 0 Å². The summed E-state index contributed by atoms with van der Waals surface area (Å²) in [6.07, 6.45) is 2.17. The molecule has 1 heterocycles. The second kappa shape index (κ2) is 9.38. The first-order chi connectivity index (χ1) is 10.7. The molecule has 0 bridgehead atoms. The summed E-state index contributed by atoms with van der Waals surface area (Å²) in [5.41, 5.74) is 1.28. The molecule has 2 rings (SSSR count). The third-order valence-electron chi connectivity index (χ3n) is 3.74. The van der Waals surface area contributed by atoms with Crippen molar-refractivity contribution in [3.8, 4) is 11.5 Å². The molecule has 1 aromatic rings. The molecule has 0 aliphatic carbocycles. The van der Waals surface area contributed by atoms with Gasteiger partial charge in [-0.2, -0.15) is 0 Å². The molecule has 0 saturated carbocycles. The number of hydrogen-bond donors (Lipinski definition) is 0. The van der Waals surface area contributed by atoms with Crippen molar-refractivity contribution >= 4 is 15.9 Å². The fraction of sp³-hybridized carbons (Fsp3) is 0.647. The van der Waals surface area contributed by atoms with E-state index in [-0.39, 0.29) is 0 Å². The smallest absolute Gasteiger partial charge is 0.162 e. The van der Waals surface area contributed by atoms with Crippen LogP contribution in [0.5, 0.6) is 11.5 Å². The van der Waals surface area contributed by atoms with Gasteiger partial charge in [0.2, 0.25) is 0 Å². The highest BCUT2D eigenvalue weighted by Gasteiger charge is 2.13. The van der Waals surface area contributed by atoms with Gasteiger partial charge < -0.3 is 14.2 Å². The van der Waals surface area contributed by atoms with Crippen molar-refractivity contribution in [2.45, 2.75) is 26.7 Å². The molecule has 0 N–H and O–H groups in total. The van der Waals surface area contributed by atoms with E-state index in [0.29, 0.717) is 13.2 Å². The zero-order chi connectivity index (χ0) is 15.8. The number of halogens is 1. The average Bonchev–Trinajstić information content (AvgIpc) is 2.53. The Bertz CT molecular complexity index is 461. The highest BCUT2D eigenvalue weighted by atomic mass is 79.9. The summed E-state index contributed by atoms with van der Waals surface area (Å²) in [7, 11) is 0. The Balaban J connectivity index is 1.95. The number of nitrogens with zero attached hydrogens (tertiary/aromatic N) is 1. The van der Waals surface area contributed by atoms with Crippen LogP contribution in [0.1, 0.15) is 25.8 Å². The van der Waals surface area contributed by atoms with Gasteiger partial charge in [0.1, 0.15) is 0 Å². The quantitative estimate of drug-likeness (QED) is 0.699. The predicted molar refractivity (Wildman–Crippen MR) is 92.1 cm³/mol. The number of rotatable bonds is 8. The Morgan fingerprint density at radius 1 is 1.09 bits per heavy atom. The number of ether oxygens (including phenoxy) is 3. The first-order valence-electron chi connectivity index (χ1n) is 8.12. The van der Waals surface area contributed by atoms with Crippen LogP contribution in [-0.4, -0.2) is 51.0 Å².